The second-order valence-electron chi connectivity index (χ2n) is 4.56. The summed E-state index contributed by atoms with van der Waals surface area (Å²) in [6, 6.07) is -0.834. The van der Waals surface area contributed by atoms with Crippen molar-refractivity contribution >= 4 is 17.9 Å². The molecule has 0 aromatic heterocycles. The largest absolute Gasteiger partial charge is 0.481 e. The van der Waals surface area contributed by atoms with E-state index in [9.17, 15) is 14.4 Å². The molecule has 1 rings (SSSR count). The first-order chi connectivity index (χ1) is 8.34. The minimum Gasteiger partial charge on any atom is -0.481 e. The van der Waals surface area contributed by atoms with Gasteiger partial charge in [0.25, 0.3) is 0 Å². The Morgan fingerprint density at radius 2 is 2.22 bits per heavy atom. The highest BCUT2D eigenvalue weighted by atomic mass is 16.4. The van der Waals surface area contributed by atoms with Gasteiger partial charge in [0.1, 0.15) is 6.04 Å². The van der Waals surface area contributed by atoms with E-state index in [4.69, 9.17) is 5.11 Å². The first-order valence-corrected chi connectivity index (χ1v) is 5.86. The molecule has 0 bridgehead atoms. The predicted molar refractivity (Wildman–Crippen MR) is 64.0 cm³/mol. The number of carbonyl (C=O) groups is 3. The molecule has 2 unspecified atom stereocenters. The van der Waals surface area contributed by atoms with Crippen molar-refractivity contribution in [1.29, 1.82) is 0 Å². The molecule has 0 saturated carbocycles. The molecule has 3 amide bonds. The lowest BCUT2D eigenvalue weighted by atomic mass is 10.1. The van der Waals surface area contributed by atoms with Gasteiger partial charge in [-0.2, -0.15) is 0 Å². The summed E-state index contributed by atoms with van der Waals surface area (Å²) in [5, 5.41) is 11.5. The van der Waals surface area contributed by atoms with E-state index in [-0.39, 0.29) is 18.5 Å². The summed E-state index contributed by atoms with van der Waals surface area (Å²) >= 11 is 0. The number of nitrogens with one attached hydrogen (secondary N) is 1. The summed E-state index contributed by atoms with van der Waals surface area (Å²) in [7, 11) is 1.54. The van der Waals surface area contributed by atoms with Crippen molar-refractivity contribution in [1.82, 2.24) is 15.1 Å². The summed E-state index contributed by atoms with van der Waals surface area (Å²) in [6.45, 7) is 4.19. The van der Waals surface area contributed by atoms with Crippen molar-refractivity contribution in [3.63, 3.8) is 0 Å². The maximum atomic E-state index is 12.1. The Labute approximate surface area is 106 Å². The number of hydrogen-bond acceptors (Lipinski definition) is 3. The highest BCUT2D eigenvalue weighted by Crippen LogP contribution is 2.09. The molecule has 1 aliphatic rings. The van der Waals surface area contributed by atoms with E-state index in [1.165, 1.54) is 9.80 Å². The molecule has 2 atom stereocenters. The number of rotatable bonds is 3. The maximum absolute atomic E-state index is 12.1. The molecule has 1 saturated heterocycles. The molecule has 7 heteroatoms. The van der Waals surface area contributed by atoms with Crippen LogP contribution in [0.3, 0.4) is 0 Å². The van der Waals surface area contributed by atoms with Crippen LogP contribution in [0.5, 0.6) is 0 Å². The minimum atomic E-state index is -0.945. The normalized spacial score (nSPS) is 21.2. The topological polar surface area (TPSA) is 90.0 Å². The van der Waals surface area contributed by atoms with Crippen LogP contribution in [-0.2, 0) is 9.59 Å². The second kappa shape index (κ2) is 5.70. The Balaban J connectivity index is 2.62. The quantitative estimate of drug-likeness (QED) is 0.718. The summed E-state index contributed by atoms with van der Waals surface area (Å²) in [4.78, 5) is 37.1. The molecule has 7 nitrogen and oxygen atoms in total. The van der Waals surface area contributed by atoms with Crippen molar-refractivity contribution in [2.24, 2.45) is 5.92 Å². The van der Waals surface area contributed by atoms with Crippen molar-refractivity contribution in [3.05, 3.63) is 0 Å². The standard InChI is InChI=1S/C11H19N3O4/c1-7(10(16)17)6-13(3)11(18)14-5-4-12-9(15)8(14)2/h7-8H,4-6H2,1-3H3,(H,12,15)(H,16,17). The second-order valence-corrected chi connectivity index (χ2v) is 4.56. The summed E-state index contributed by atoms with van der Waals surface area (Å²) < 4.78 is 0. The van der Waals surface area contributed by atoms with Crippen LogP contribution in [0.1, 0.15) is 13.8 Å². The summed E-state index contributed by atoms with van der Waals surface area (Å²) in [5.41, 5.74) is 0. The third kappa shape index (κ3) is 3.12. The lowest BCUT2D eigenvalue weighted by molar-refractivity contribution is -0.141. The molecule has 0 aliphatic carbocycles. The fourth-order valence-corrected chi connectivity index (χ4v) is 1.83. The van der Waals surface area contributed by atoms with Crippen LogP contribution in [0.4, 0.5) is 4.79 Å². The van der Waals surface area contributed by atoms with Gasteiger partial charge in [-0.25, -0.2) is 4.79 Å². The van der Waals surface area contributed by atoms with Gasteiger partial charge < -0.3 is 20.2 Å². The third-order valence-electron chi connectivity index (χ3n) is 3.04. The number of amides is 3. The first kappa shape index (κ1) is 14.3. The number of hydrogen-bond donors (Lipinski definition) is 2. The Morgan fingerprint density at radius 3 is 2.78 bits per heavy atom. The number of aliphatic carboxylic acids is 1. The molecule has 102 valence electrons. The molecule has 1 aliphatic heterocycles. The van der Waals surface area contributed by atoms with E-state index in [0.29, 0.717) is 13.1 Å². The predicted octanol–water partition coefficient (Wildman–Crippen LogP) is -0.421. The average molecular weight is 257 g/mol. The fraction of sp³-hybridized carbons (Fsp3) is 0.727. The van der Waals surface area contributed by atoms with Gasteiger partial charge in [0.2, 0.25) is 5.91 Å². The van der Waals surface area contributed by atoms with Gasteiger partial charge in [0, 0.05) is 26.7 Å². The van der Waals surface area contributed by atoms with Crippen LogP contribution < -0.4 is 5.32 Å². The molecule has 1 heterocycles. The summed E-state index contributed by atoms with van der Waals surface area (Å²) in [6.07, 6.45) is 0. The van der Waals surface area contributed by atoms with Gasteiger partial charge in [0.05, 0.1) is 5.92 Å². The molecule has 0 spiro atoms. The Kier molecular flexibility index (Phi) is 4.52. The van der Waals surface area contributed by atoms with Crippen LogP contribution in [0.2, 0.25) is 0 Å². The zero-order valence-corrected chi connectivity index (χ0v) is 10.8. The van der Waals surface area contributed by atoms with E-state index in [1.807, 2.05) is 0 Å². The van der Waals surface area contributed by atoms with E-state index in [2.05, 4.69) is 5.32 Å². The lowest BCUT2D eigenvalue weighted by Gasteiger charge is -2.35. The first-order valence-electron chi connectivity index (χ1n) is 5.86. The smallest absolute Gasteiger partial charge is 0.320 e. The van der Waals surface area contributed by atoms with Crippen LogP contribution in [0.25, 0.3) is 0 Å². The number of carbonyl (C=O) groups excluding carboxylic acids is 2. The van der Waals surface area contributed by atoms with Gasteiger partial charge in [-0.15, -0.1) is 0 Å². The summed E-state index contributed by atoms with van der Waals surface area (Å²) in [5.74, 6) is -1.76. The van der Waals surface area contributed by atoms with Gasteiger partial charge in [-0.1, -0.05) is 6.92 Å². The maximum Gasteiger partial charge on any atom is 0.320 e. The lowest BCUT2D eigenvalue weighted by Crippen LogP contribution is -2.58. The number of carboxylic acid groups (broad SMARTS) is 1. The molecular weight excluding hydrogens is 238 g/mol. The van der Waals surface area contributed by atoms with E-state index < -0.39 is 17.9 Å². The average Bonchev–Trinajstić information content (AvgIpc) is 2.31. The van der Waals surface area contributed by atoms with E-state index in [1.54, 1.807) is 20.9 Å². The SMILES string of the molecule is CC(CN(C)C(=O)N1CCNC(=O)C1C)C(=O)O. The fourth-order valence-electron chi connectivity index (χ4n) is 1.83. The molecule has 0 radical (unpaired) electrons. The van der Waals surface area contributed by atoms with Crippen molar-refractivity contribution in [2.75, 3.05) is 26.7 Å². The number of carboxylic acids is 1. The molecule has 2 N–H and O–H groups in total. The van der Waals surface area contributed by atoms with Gasteiger partial charge >= 0.3 is 12.0 Å². The Hall–Kier alpha value is -1.79. The minimum absolute atomic E-state index is 0.124. The number of piperazine rings is 1. The van der Waals surface area contributed by atoms with Crippen molar-refractivity contribution in [3.8, 4) is 0 Å². The molecule has 18 heavy (non-hydrogen) atoms. The van der Waals surface area contributed by atoms with E-state index >= 15 is 0 Å². The molecule has 0 aromatic rings. The van der Waals surface area contributed by atoms with Gasteiger partial charge in [-0.05, 0) is 6.92 Å². The van der Waals surface area contributed by atoms with Crippen LogP contribution in [0.15, 0.2) is 0 Å². The monoisotopic (exact) mass is 257 g/mol. The van der Waals surface area contributed by atoms with Crippen LogP contribution >= 0.6 is 0 Å². The van der Waals surface area contributed by atoms with Crippen LogP contribution in [-0.4, -0.2) is 65.5 Å². The third-order valence-corrected chi connectivity index (χ3v) is 3.04. The number of nitrogens with zero attached hydrogens (tertiary/aromatic N) is 2. The molecular formula is C11H19N3O4. The van der Waals surface area contributed by atoms with Gasteiger partial charge in [-0.3, -0.25) is 9.59 Å². The molecule has 1 fully saturated rings. The van der Waals surface area contributed by atoms with Crippen molar-refractivity contribution in [2.45, 2.75) is 19.9 Å². The van der Waals surface area contributed by atoms with Gasteiger partial charge in [0.15, 0.2) is 0 Å². The zero-order valence-electron chi connectivity index (χ0n) is 10.8. The van der Waals surface area contributed by atoms with E-state index in [0.717, 1.165) is 0 Å². The Morgan fingerprint density at radius 1 is 1.61 bits per heavy atom. The Bertz CT molecular complexity index is 358. The number of urea groups is 1. The van der Waals surface area contributed by atoms with Crippen LogP contribution in [0, 0.1) is 5.92 Å². The van der Waals surface area contributed by atoms with Crippen molar-refractivity contribution < 1.29 is 19.5 Å². The highest BCUT2D eigenvalue weighted by Gasteiger charge is 2.31. The zero-order chi connectivity index (χ0) is 13.9. The molecule has 0 aromatic carbocycles. The highest BCUT2D eigenvalue weighted by molar-refractivity contribution is 5.88.